The van der Waals surface area contributed by atoms with E-state index in [1.54, 1.807) is 0 Å². The van der Waals surface area contributed by atoms with Crippen molar-refractivity contribution in [1.29, 1.82) is 0 Å². The molecule has 2 aromatic carbocycles. The zero-order valence-corrected chi connectivity index (χ0v) is 17.7. The Morgan fingerprint density at radius 2 is 1.00 bits per heavy atom. The summed E-state index contributed by atoms with van der Waals surface area (Å²) >= 11 is 12.0. The first-order valence-corrected chi connectivity index (χ1v) is 11.9. The second-order valence-corrected chi connectivity index (χ2v) is 10.7. The van der Waals surface area contributed by atoms with Crippen molar-refractivity contribution in [3.63, 3.8) is 0 Å². The highest BCUT2D eigenvalue weighted by atomic mass is 35.7. The van der Waals surface area contributed by atoms with E-state index in [0.29, 0.717) is 0 Å². The van der Waals surface area contributed by atoms with Crippen molar-refractivity contribution in [2.45, 2.75) is 9.79 Å². The van der Waals surface area contributed by atoms with Crippen LogP contribution < -0.4 is 9.47 Å². The van der Waals surface area contributed by atoms with Gasteiger partial charge >= 0.3 is 0 Å². The maximum Gasteiger partial charge on any atom is 0.262 e. The van der Waals surface area contributed by atoms with Crippen molar-refractivity contribution in [1.82, 2.24) is 0 Å². The second-order valence-electron chi connectivity index (χ2n) is 4.86. The molecular weight excluding hydrogens is 470 g/mol. The van der Waals surface area contributed by atoms with Crippen LogP contribution in [0.4, 0.5) is 0 Å². The van der Waals surface area contributed by atoms with E-state index in [4.69, 9.17) is 54.0 Å². The van der Waals surface area contributed by atoms with Crippen LogP contribution in [0.2, 0.25) is 10.0 Å². The van der Waals surface area contributed by atoms with Crippen molar-refractivity contribution in [3.8, 4) is 22.6 Å². The number of halogens is 4. The molecule has 0 fully saturated rings. The minimum atomic E-state index is -4.20. The Morgan fingerprint density at radius 1 is 0.692 bits per heavy atom. The van der Waals surface area contributed by atoms with Gasteiger partial charge in [-0.15, -0.1) is 0 Å². The maximum atomic E-state index is 11.8. The number of benzene rings is 2. The van der Waals surface area contributed by atoms with E-state index in [1.807, 2.05) is 0 Å². The van der Waals surface area contributed by atoms with Gasteiger partial charge in [-0.2, -0.15) is 0 Å². The van der Waals surface area contributed by atoms with Gasteiger partial charge in [-0.3, -0.25) is 0 Å². The van der Waals surface area contributed by atoms with Crippen molar-refractivity contribution >= 4 is 62.7 Å². The highest BCUT2D eigenvalue weighted by Crippen LogP contribution is 2.42. The summed E-state index contributed by atoms with van der Waals surface area (Å²) in [5, 5.41) is -0.422. The Balaban J connectivity index is 2.88. The Kier molecular flexibility index (Phi) is 6.27. The van der Waals surface area contributed by atoms with Gasteiger partial charge in [-0.05, 0) is 35.4 Å². The molecule has 0 aliphatic heterocycles. The Labute approximate surface area is 169 Å². The molecule has 0 saturated carbocycles. The lowest BCUT2D eigenvalue weighted by molar-refractivity contribution is 0.413. The molecule has 0 heterocycles. The largest absolute Gasteiger partial charge is 0.495 e. The highest BCUT2D eigenvalue weighted by molar-refractivity contribution is 8.14. The molecule has 0 atom stereocenters. The van der Waals surface area contributed by atoms with E-state index in [0.717, 1.165) is 0 Å². The van der Waals surface area contributed by atoms with Crippen molar-refractivity contribution in [2.24, 2.45) is 0 Å². The Bertz CT molecular complexity index is 994. The predicted molar refractivity (Wildman–Crippen MR) is 101 cm³/mol. The lowest BCUT2D eigenvalue weighted by Gasteiger charge is -2.13. The monoisotopic (exact) mass is 478 g/mol. The smallest absolute Gasteiger partial charge is 0.262 e. The van der Waals surface area contributed by atoms with Gasteiger partial charge in [-0.25, -0.2) is 16.8 Å². The van der Waals surface area contributed by atoms with Gasteiger partial charge in [0.05, 0.1) is 14.2 Å². The van der Waals surface area contributed by atoms with E-state index < -0.39 is 27.9 Å². The van der Waals surface area contributed by atoms with Crippen LogP contribution in [0.5, 0.6) is 11.5 Å². The Morgan fingerprint density at radius 3 is 1.23 bits per heavy atom. The molecule has 0 spiro atoms. The molecule has 2 rings (SSSR count). The van der Waals surface area contributed by atoms with Crippen molar-refractivity contribution < 1.29 is 26.3 Å². The van der Waals surface area contributed by atoms with Gasteiger partial charge in [0.25, 0.3) is 18.1 Å². The van der Waals surface area contributed by atoms with E-state index in [-0.39, 0.29) is 32.7 Å². The first kappa shape index (κ1) is 21.4. The van der Waals surface area contributed by atoms with Gasteiger partial charge in [-0.1, -0.05) is 23.2 Å². The first-order chi connectivity index (χ1) is 11.9. The average molecular weight is 480 g/mol. The third-order valence-corrected chi connectivity index (χ3v) is 7.01. The van der Waals surface area contributed by atoms with Crippen LogP contribution in [0.15, 0.2) is 34.1 Å². The molecule has 0 bridgehead atoms. The summed E-state index contributed by atoms with van der Waals surface area (Å²) in [5.41, 5.74) is 0.476. The molecule has 26 heavy (non-hydrogen) atoms. The topological polar surface area (TPSA) is 86.7 Å². The summed E-state index contributed by atoms with van der Waals surface area (Å²) in [6.07, 6.45) is 0. The summed E-state index contributed by atoms with van der Waals surface area (Å²) in [7, 11) is 4.99. The van der Waals surface area contributed by atoms with Crippen LogP contribution in [0.25, 0.3) is 11.1 Å². The maximum absolute atomic E-state index is 11.8. The van der Waals surface area contributed by atoms with Crippen LogP contribution in [-0.2, 0) is 18.1 Å². The van der Waals surface area contributed by atoms with Crippen LogP contribution in [-0.4, -0.2) is 31.1 Å². The first-order valence-electron chi connectivity index (χ1n) is 6.55. The predicted octanol–water partition coefficient (Wildman–Crippen LogP) is 4.53. The third-order valence-electron chi connectivity index (χ3n) is 3.31. The molecule has 12 heteroatoms. The third kappa shape index (κ3) is 4.32. The van der Waals surface area contributed by atoms with Gasteiger partial charge in [0.15, 0.2) is 0 Å². The zero-order valence-electron chi connectivity index (χ0n) is 13.1. The van der Waals surface area contributed by atoms with Crippen LogP contribution in [0.1, 0.15) is 0 Å². The number of hydrogen-bond acceptors (Lipinski definition) is 6. The molecule has 6 nitrogen and oxygen atoms in total. The van der Waals surface area contributed by atoms with E-state index >= 15 is 0 Å². The fourth-order valence-electron chi connectivity index (χ4n) is 2.13. The molecule has 0 radical (unpaired) electrons. The minimum absolute atomic E-state index is 0.0209. The van der Waals surface area contributed by atoms with Crippen molar-refractivity contribution in [3.05, 3.63) is 34.3 Å². The number of rotatable bonds is 5. The van der Waals surface area contributed by atoms with E-state index in [1.165, 1.54) is 38.5 Å². The summed E-state index contributed by atoms with van der Waals surface area (Å²) in [6.45, 7) is 0. The van der Waals surface area contributed by atoms with Crippen molar-refractivity contribution in [2.75, 3.05) is 14.2 Å². The van der Waals surface area contributed by atoms with Gasteiger partial charge < -0.3 is 9.47 Å². The lowest BCUT2D eigenvalue weighted by atomic mass is 10.0. The summed E-state index contributed by atoms with van der Waals surface area (Å²) in [6, 6.07) is 5.14. The van der Waals surface area contributed by atoms with Gasteiger partial charge in [0.2, 0.25) is 0 Å². The number of methoxy groups -OCH3 is 2. The molecule has 0 aliphatic carbocycles. The fourth-order valence-corrected chi connectivity index (χ4v) is 5.24. The molecular formula is C14H10Cl4O6S2. The van der Waals surface area contributed by atoms with E-state index in [2.05, 4.69) is 0 Å². The molecule has 142 valence electrons. The molecule has 2 aromatic rings. The number of ether oxygens (including phenoxy) is 2. The highest BCUT2D eigenvalue weighted by Gasteiger charge is 2.24. The molecule has 0 saturated heterocycles. The molecule has 0 amide bonds. The Hall–Kier alpha value is -0.900. The molecule has 0 N–H and O–H groups in total. The van der Waals surface area contributed by atoms with Crippen LogP contribution in [0, 0.1) is 0 Å². The van der Waals surface area contributed by atoms with Crippen LogP contribution >= 0.6 is 44.6 Å². The van der Waals surface area contributed by atoms with Gasteiger partial charge in [0.1, 0.15) is 31.3 Å². The fraction of sp³-hybridized carbons (Fsp3) is 0.143. The standard InChI is InChI=1S/C14H10Cl4O6S2/c1-23-9-3-7(5-11(13(9)15)25(17,19)20)8-4-10(24-2)14(16)12(6-8)26(18,21)22/h3-6H,1-2H3. The summed E-state index contributed by atoms with van der Waals surface area (Å²) < 4.78 is 57.2. The lowest BCUT2D eigenvalue weighted by Crippen LogP contribution is -1.99. The number of hydrogen-bond donors (Lipinski definition) is 0. The average Bonchev–Trinajstić information content (AvgIpc) is 2.53. The van der Waals surface area contributed by atoms with E-state index in [9.17, 15) is 16.8 Å². The zero-order chi connectivity index (χ0) is 19.9. The second kappa shape index (κ2) is 7.61. The van der Waals surface area contributed by atoms with Gasteiger partial charge in [0, 0.05) is 21.4 Å². The summed E-state index contributed by atoms with van der Waals surface area (Å²) in [4.78, 5) is -0.807. The molecule has 0 aliphatic rings. The van der Waals surface area contributed by atoms with Crippen LogP contribution in [0.3, 0.4) is 0 Å². The quantitative estimate of drug-likeness (QED) is 0.585. The SMILES string of the molecule is COc1cc(-c2cc(OC)c(Cl)c(S(=O)(=O)Cl)c2)cc(S(=O)(=O)Cl)c1Cl. The molecule has 0 unspecified atom stereocenters. The minimum Gasteiger partial charge on any atom is -0.495 e. The summed E-state index contributed by atoms with van der Waals surface area (Å²) in [5.74, 6) is 0.0418. The normalized spacial score (nSPS) is 12.1. The molecule has 0 aromatic heterocycles.